The smallest absolute Gasteiger partial charge is 0.164 e. The van der Waals surface area contributed by atoms with Crippen molar-refractivity contribution in [3.8, 4) is 56.4 Å². The summed E-state index contributed by atoms with van der Waals surface area (Å²) in [5.74, 6) is 1.73. The molecule has 0 fully saturated rings. The Hall–Kier alpha value is -6.85. The van der Waals surface area contributed by atoms with E-state index in [9.17, 15) is 0 Å². The molecule has 10 rings (SSSR count). The van der Waals surface area contributed by atoms with Gasteiger partial charge in [-0.3, -0.25) is 0 Å². The minimum Gasteiger partial charge on any atom is -0.456 e. The fourth-order valence-electron chi connectivity index (χ4n) is 7.00. The first-order valence-corrected chi connectivity index (χ1v) is 16.6. The van der Waals surface area contributed by atoms with E-state index >= 15 is 0 Å². The highest BCUT2D eigenvalue weighted by molar-refractivity contribution is 6.13. The van der Waals surface area contributed by atoms with Crippen LogP contribution in [0.2, 0.25) is 0 Å². The molecule has 0 aliphatic rings. The SMILES string of the molecule is c1ccc(-c2cccc(-c3nc(-c4cccc5oc6ccccc6c45)nc(-c4cccc5oc6cc(-c7ccccc7)ccc6c45)n3)c2)cc1. The molecule has 0 radical (unpaired) electrons. The number of para-hydroxylation sites is 1. The standard InChI is InChI=1S/C45H27N3O2/c1-3-12-28(13-4-1)30-16-9-17-32(26-30)43-46-44(35-19-10-22-38-41(35)33-18-7-8-21-37(33)49-38)48-45(47-43)36-20-11-23-39-42(36)34-25-24-31(27-40(34)50-39)29-14-5-2-6-15-29/h1-27H. The Morgan fingerprint density at radius 1 is 0.300 bits per heavy atom. The zero-order valence-corrected chi connectivity index (χ0v) is 26.7. The van der Waals surface area contributed by atoms with Crippen LogP contribution in [-0.2, 0) is 0 Å². The molecule has 0 N–H and O–H groups in total. The monoisotopic (exact) mass is 641 g/mol. The van der Waals surface area contributed by atoms with E-state index in [4.69, 9.17) is 23.8 Å². The normalized spacial score (nSPS) is 11.6. The molecular weight excluding hydrogens is 615 g/mol. The first-order valence-electron chi connectivity index (χ1n) is 16.6. The van der Waals surface area contributed by atoms with Crippen LogP contribution in [0.3, 0.4) is 0 Å². The van der Waals surface area contributed by atoms with E-state index in [1.54, 1.807) is 0 Å². The third-order valence-corrected chi connectivity index (χ3v) is 9.35. The van der Waals surface area contributed by atoms with Crippen LogP contribution in [0.1, 0.15) is 0 Å². The van der Waals surface area contributed by atoms with Crippen LogP contribution in [0.25, 0.3) is 100 Å². The molecule has 0 saturated carbocycles. The topological polar surface area (TPSA) is 65.0 Å². The van der Waals surface area contributed by atoms with Crippen LogP contribution in [-0.4, -0.2) is 15.0 Å². The summed E-state index contributed by atoms with van der Waals surface area (Å²) in [5, 5.41) is 3.97. The van der Waals surface area contributed by atoms with Crippen molar-refractivity contribution in [3.63, 3.8) is 0 Å². The third-order valence-electron chi connectivity index (χ3n) is 9.35. The lowest BCUT2D eigenvalue weighted by molar-refractivity contribution is 0.668. The first-order chi connectivity index (χ1) is 24.8. The van der Waals surface area contributed by atoms with E-state index < -0.39 is 0 Å². The highest BCUT2D eigenvalue weighted by atomic mass is 16.3. The van der Waals surface area contributed by atoms with Crippen LogP contribution >= 0.6 is 0 Å². The zero-order valence-electron chi connectivity index (χ0n) is 26.7. The largest absolute Gasteiger partial charge is 0.456 e. The average Bonchev–Trinajstić information content (AvgIpc) is 3.77. The second-order valence-electron chi connectivity index (χ2n) is 12.4. The predicted molar refractivity (Wildman–Crippen MR) is 202 cm³/mol. The average molecular weight is 642 g/mol. The lowest BCUT2D eigenvalue weighted by Gasteiger charge is -2.11. The van der Waals surface area contributed by atoms with Gasteiger partial charge in [0.15, 0.2) is 17.5 Å². The molecule has 7 aromatic carbocycles. The Morgan fingerprint density at radius 3 is 1.46 bits per heavy atom. The number of hydrogen-bond acceptors (Lipinski definition) is 5. The maximum absolute atomic E-state index is 6.48. The van der Waals surface area contributed by atoms with Crippen LogP contribution in [0, 0.1) is 0 Å². The Labute approximate surface area is 287 Å². The van der Waals surface area contributed by atoms with Gasteiger partial charge < -0.3 is 8.83 Å². The number of rotatable bonds is 5. The zero-order chi connectivity index (χ0) is 33.0. The van der Waals surface area contributed by atoms with E-state index in [0.29, 0.717) is 17.5 Å². The molecule has 0 atom stereocenters. The number of hydrogen-bond donors (Lipinski definition) is 0. The summed E-state index contributed by atoms with van der Waals surface area (Å²) in [5.41, 5.74) is 10.3. The van der Waals surface area contributed by atoms with E-state index in [1.807, 2.05) is 54.6 Å². The second kappa shape index (κ2) is 11.4. The fraction of sp³-hybridized carbons (Fsp3) is 0. The number of aromatic nitrogens is 3. The van der Waals surface area contributed by atoms with Gasteiger partial charge in [-0.25, -0.2) is 15.0 Å². The molecule has 50 heavy (non-hydrogen) atoms. The molecule has 234 valence electrons. The van der Waals surface area contributed by atoms with Gasteiger partial charge in [-0.05, 0) is 58.7 Å². The Kier molecular flexibility index (Phi) is 6.42. The summed E-state index contributed by atoms with van der Waals surface area (Å²) in [6.07, 6.45) is 0. The second-order valence-corrected chi connectivity index (χ2v) is 12.4. The van der Waals surface area contributed by atoms with Gasteiger partial charge in [0, 0.05) is 38.2 Å². The van der Waals surface area contributed by atoms with Crippen molar-refractivity contribution in [3.05, 3.63) is 164 Å². The van der Waals surface area contributed by atoms with Gasteiger partial charge in [0.2, 0.25) is 0 Å². The van der Waals surface area contributed by atoms with Crippen molar-refractivity contribution in [1.29, 1.82) is 0 Å². The van der Waals surface area contributed by atoms with E-state index in [1.165, 1.54) is 0 Å². The molecule has 5 nitrogen and oxygen atoms in total. The molecule has 0 aliphatic heterocycles. The fourth-order valence-corrected chi connectivity index (χ4v) is 7.00. The molecule has 5 heteroatoms. The molecule has 0 aliphatic carbocycles. The minimum atomic E-state index is 0.570. The lowest BCUT2D eigenvalue weighted by Crippen LogP contribution is -2.01. The summed E-state index contributed by atoms with van der Waals surface area (Å²) < 4.78 is 12.7. The number of furan rings is 2. The van der Waals surface area contributed by atoms with E-state index in [2.05, 4.69) is 109 Å². The Balaban J connectivity index is 1.22. The van der Waals surface area contributed by atoms with Crippen LogP contribution in [0.15, 0.2) is 173 Å². The van der Waals surface area contributed by atoms with Gasteiger partial charge in [0.25, 0.3) is 0 Å². The summed E-state index contributed by atoms with van der Waals surface area (Å²) in [7, 11) is 0. The van der Waals surface area contributed by atoms with Gasteiger partial charge in [0.05, 0.1) is 0 Å². The van der Waals surface area contributed by atoms with Crippen molar-refractivity contribution in [1.82, 2.24) is 15.0 Å². The molecule has 0 amide bonds. The third kappa shape index (κ3) is 4.67. The molecule has 0 unspecified atom stereocenters. The van der Waals surface area contributed by atoms with E-state index in [-0.39, 0.29) is 0 Å². The predicted octanol–water partition coefficient (Wildman–Crippen LogP) is 12.0. The number of nitrogens with zero attached hydrogens (tertiary/aromatic N) is 3. The van der Waals surface area contributed by atoms with Crippen molar-refractivity contribution < 1.29 is 8.83 Å². The van der Waals surface area contributed by atoms with Crippen molar-refractivity contribution >= 4 is 43.9 Å². The van der Waals surface area contributed by atoms with Gasteiger partial charge in [0.1, 0.15) is 22.3 Å². The van der Waals surface area contributed by atoms with Gasteiger partial charge in [-0.15, -0.1) is 0 Å². The lowest BCUT2D eigenvalue weighted by atomic mass is 10.0. The molecule has 0 spiro atoms. The van der Waals surface area contributed by atoms with Gasteiger partial charge in [-0.2, -0.15) is 0 Å². The maximum atomic E-state index is 6.48. The number of benzene rings is 7. The van der Waals surface area contributed by atoms with E-state index in [0.717, 1.165) is 82.8 Å². The molecule has 3 heterocycles. The van der Waals surface area contributed by atoms with Crippen molar-refractivity contribution in [2.45, 2.75) is 0 Å². The highest BCUT2D eigenvalue weighted by Gasteiger charge is 2.20. The van der Waals surface area contributed by atoms with Crippen molar-refractivity contribution in [2.24, 2.45) is 0 Å². The summed E-state index contributed by atoms with van der Waals surface area (Å²) in [4.78, 5) is 15.5. The summed E-state index contributed by atoms with van der Waals surface area (Å²) in [6.45, 7) is 0. The molecule has 0 saturated heterocycles. The van der Waals surface area contributed by atoms with Gasteiger partial charge >= 0.3 is 0 Å². The van der Waals surface area contributed by atoms with Gasteiger partial charge in [-0.1, -0.05) is 127 Å². The number of fused-ring (bicyclic) bond motifs is 6. The Morgan fingerprint density at radius 2 is 0.780 bits per heavy atom. The van der Waals surface area contributed by atoms with Crippen molar-refractivity contribution in [2.75, 3.05) is 0 Å². The summed E-state index contributed by atoms with van der Waals surface area (Å²) in [6, 6.07) is 55.7. The molecule has 10 aromatic rings. The first kappa shape index (κ1) is 28.2. The Bertz CT molecular complexity index is 2870. The molecular formula is C45H27N3O2. The maximum Gasteiger partial charge on any atom is 0.164 e. The van der Waals surface area contributed by atoms with Crippen LogP contribution < -0.4 is 0 Å². The quantitative estimate of drug-likeness (QED) is 0.187. The summed E-state index contributed by atoms with van der Waals surface area (Å²) >= 11 is 0. The van der Waals surface area contributed by atoms with Crippen LogP contribution in [0.5, 0.6) is 0 Å². The molecule has 0 bridgehead atoms. The minimum absolute atomic E-state index is 0.570. The van der Waals surface area contributed by atoms with Crippen LogP contribution in [0.4, 0.5) is 0 Å². The highest BCUT2D eigenvalue weighted by Crippen LogP contribution is 2.40. The molecule has 3 aromatic heterocycles.